The van der Waals surface area contributed by atoms with E-state index in [2.05, 4.69) is 5.32 Å². The summed E-state index contributed by atoms with van der Waals surface area (Å²) in [6, 6.07) is 11.1. The van der Waals surface area contributed by atoms with Gasteiger partial charge in [0.2, 0.25) is 5.91 Å². The number of carbonyl (C=O) groups excluding carboxylic acids is 2. The number of amides is 2. The maximum absolute atomic E-state index is 12.7. The van der Waals surface area contributed by atoms with E-state index in [-0.39, 0.29) is 18.2 Å². The Balaban J connectivity index is 1.82. The van der Waals surface area contributed by atoms with Crippen molar-refractivity contribution in [1.29, 1.82) is 0 Å². The number of anilines is 2. The van der Waals surface area contributed by atoms with Crippen LogP contribution in [0.25, 0.3) is 0 Å². The predicted molar refractivity (Wildman–Crippen MR) is 95.5 cm³/mol. The molecule has 1 aliphatic heterocycles. The molecule has 1 atom stereocenters. The molecule has 0 saturated carbocycles. The maximum atomic E-state index is 12.7. The molecular weight excluding hydrogens is 344 g/mol. The number of rotatable bonds is 5. The van der Waals surface area contributed by atoms with Crippen molar-refractivity contribution in [2.75, 3.05) is 24.4 Å². The lowest BCUT2D eigenvalue weighted by Crippen LogP contribution is -2.34. The van der Waals surface area contributed by atoms with E-state index in [0.717, 1.165) is 0 Å². The van der Waals surface area contributed by atoms with Gasteiger partial charge in [0.1, 0.15) is 17.5 Å². The lowest BCUT2D eigenvalue weighted by Gasteiger charge is -2.17. The zero-order valence-corrected chi connectivity index (χ0v) is 14.5. The normalized spacial score (nSPS) is 16.9. The fraction of sp³-hybridized carbons (Fsp3) is 0.222. The van der Waals surface area contributed by atoms with Crippen molar-refractivity contribution in [3.63, 3.8) is 0 Å². The summed E-state index contributed by atoms with van der Waals surface area (Å²) in [6.45, 7) is 0. The van der Waals surface area contributed by atoms with Crippen LogP contribution in [-0.4, -0.2) is 32.1 Å². The fourth-order valence-corrected chi connectivity index (χ4v) is 2.90. The molecule has 7 heteroatoms. The Morgan fingerprint density at radius 2 is 1.80 bits per heavy atom. The minimum Gasteiger partial charge on any atom is -0.497 e. The molecule has 3 rings (SSSR count). The van der Waals surface area contributed by atoms with Gasteiger partial charge in [0.15, 0.2) is 0 Å². The van der Waals surface area contributed by atoms with Gasteiger partial charge in [0.05, 0.1) is 32.0 Å². The van der Waals surface area contributed by atoms with Crippen molar-refractivity contribution in [2.45, 2.75) is 12.5 Å². The molecule has 0 radical (unpaired) electrons. The highest BCUT2D eigenvalue weighted by molar-refractivity contribution is 6.31. The van der Waals surface area contributed by atoms with Crippen LogP contribution in [0.4, 0.5) is 11.4 Å². The van der Waals surface area contributed by atoms with E-state index in [1.54, 1.807) is 49.6 Å². The molecule has 130 valence electrons. The van der Waals surface area contributed by atoms with Gasteiger partial charge in [-0.2, -0.15) is 0 Å². The summed E-state index contributed by atoms with van der Waals surface area (Å²) in [5.74, 6) is 0.611. The number of benzene rings is 2. The number of nitrogens with one attached hydrogen (secondary N) is 1. The molecule has 2 amide bonds. The van der Waals surface area contributed by atoms with Crippen molar-refractivity contribution in [3.05, 3.63) is 47.5 Å². The number of halogens is 1. The molecule has 0 bridgehead atoms. The van der Waals surface area contributed by atoms with Crippen LogP contribution in [-0.2, 0) is 9.59 Å². The Hall–Kier alpha value is -2.73. The molecule has 1 saturated heterocycles. The Bertz CT molecular complexity index is 807. The van der Waals surface area contributed by atoms with Gasteiger partial charge in [0, 0.05) is 5.02 Å². The van der Waals surface area contributed by atoms with Gasteiger partial charge in [-0.1, -0.05) is 11.6 Å². The summed E-state index contributed by atoms with van der Waals surface area (Å²) < 4.78 is 10.4. The third-order valence-corrected chi connectivity index (χ3v) is 4.20. The van der Waals surface area contributed by atoms with Crippen LogP contribution < -0.4 is 19.7 Å². The predicted octanol–water partition coefficient (Wildman–Crippen LogP) is 3.10. The van der Waals surface area contributed by atoms with Gasteiger partial charge in [-0.25, -0.2) is 4.90 Å². The van der Waals surface area contributed by atoms with E-state index in [0.29, 0.717) is 27.9 Å². The van der Waals surface area contributed by atoms with Gasteiger partial charge < -0.3 is 14.8 Å². The minimum atomic E-state index is -0.679. The molecule has 0 aromatic heterocycles. The molecular formula is C18H17ClN2O4. The number of hydrogen-bond acceptors (Lipinski definition) is 5. The monoisotopic (exact) mass is 360 g/mol. The maximum Gasteiger partial charge on any atom is 0.256 e. The standard InChI is InChI=1S/C18H17ClN2O4/c1-24-13-6-4-12(5-7-13)21-17(22)10-15(18(21)23)20-14-9-11(19)3-8-16(14)25-2/h3-9,15,20H,10H2,1-2H3/t15-/m0/s1. The molecule has 0 aliphatic carbocycles. The van der Waals surface area contributed by atoms with Gasteiger partial charge in [-0.3, -0.25) is 9.59 Å². The van der Waals surface area contributed by atoms with Crippen molar-refractivity contribution in [1.82, 2.24) is 0 Å². The number of imide groups is 1. The third kappa shape index (κ3) is 3.39. The van der Waals surface area contributed by atoms with Crippen LogP contribution >= 0.6 is 11.6 Å². The van der Waals surface area contributed by atoms with E-state index in [9.17, 15) is 9.59 Å². The fourth-order valence-electron chi connectivity index (χ4n) is 2.73. The van der Waals surface area contributed by atoms with E-state index in [1.807, 2.05) is 0 Å². The third-order valence-electron chi connectivity index (χ3n) is 3.97. The lowest BCUT2D eigenvalue weighted by atomic mass is 10.2. The molecule has 25 heavy (non-hydrogen) atoms. The average Bonchev–Trinajstić information content (AvgIpc) is 2.89. The number of ether oxygens (including phenoxy) is 2. The summed E-state index contributed by atoms with van der Waals surface area (Å²) in [7, 11) is 3.08. The van der Waals surface area contributed by atoms with Gasteiger partial charge in [-0.05, 0) is 42.5 Å². The SMILES string of the molecule is COc1ccc(N2C(=O)C[C@H](Nc3cc(Cl)ccc3OC)C2=O)cc1. The van der Waals surface area contributed by atoms with Gasteiger partial charge in [-0.15, -0.1) is 0 Å². The quantitative estimate of drug-likeness (QED) is 0.830. The molecule has 1 N–H and O–H groups in total. The van der Waals surface area contributed by atoms with Crippen LogP contribution in [0.1, 0.15) is 6.42 Å². The second-order valence-electron chi connectivity index (χ2n) is 5.51. The molecule has 2 aromatic rings. The van der Waals surface area contributed by atoms with E-state index in [1.165, 1.54) is 12.0 Å². The average molecular weight is 361 g/mol. The summed E-state index contributed by atoms with van der Waals surface area (Å²) in [5.41, 5.74) is 1.08. The van der Waals surface area contributed by atoms with Crippen molar-refractivity contribution in [2.24, 2.45) is 0 Å². The zero-order valence-electron chi connectivity index (χ0n) is 13.8. The molecule has 2 aromatic carbocycles. The smallest absolute Gasteiger partial charge is 0.256 e. The Kier molecular flexibility index (Phi) is 4.81. The van der Waals surface area contributed by atoms with Crippen LogP contribution in [0.3, 0.4) is 0 Å². The van der Waals surface area contributed by atoms with Crippen LogP contribution in [0.15, 0.2) is 42.5 Å². The molecule has 6 nitrogen and oxygen atoms in total. The molecule has 1 heterocycles. The molecule has 0 unspecified atom stereocenters. The number of methoxy groups -OCH3 is 2. The first kappa shape index (κ1) is 17.1. The summed E-state index contributed by atoms with van der Waals surface area (Å²) in [6.07, 6.45) is 0.0561. The second-order valence-corrected chi connectivity index (χ2v) is 5.95. The van der Waals surface area contributed by atoms with Crippen LogP contribution in [0.5, 0.6) is 11.5 Å². The van der Waals surface area contributed by atoms with Crippen molar-refractivity contribution < 1.29 is 19.1 Å². The van der Waals surface area contributed by atoms with E-state index in [4.69, 9.17) is 21.1 Å². The lowest BCUT2D eigenvalue weighted by molar-refractivity contribution is -0.121. The highest BCUT2D eigenvalue weighted by Crippen LogP contribution is 2.31. The summed E-state index contributed by atoms with van der Waals surface area (Å²) in [4.78, 5) is 26.2. The Labute approximate surface area is 150 Å². The number of nitrogens with zero attached hydrogens (tertiary/aromatic N) is 1. The highest BCUT2D eigenvalue weighted by atomic mass is 35.5. The molecule has 1 fully saturated rings. The minimum absolute atomic E-state index is 0.0561. The first-order valence-corrected chi connectivity index (χ1v) is 8.02. The first-order chi connectivity index (χ1) is 12.0. The van der Waals surface area contributed by atoms with Crippen molar-refractivity contribution in [3.8, 4) is 11.5 Å². The Morgan fingerprint density at radius 3 is 2.44 bits per heavy atom. The largest absolute Gasteiger partial charge is 0.497 e. The molecule has 0 spiro atoms. The van der Waals surface area contributed by atoms with Gasteiger partial charge in [0.25, 0.3) is 5.91 Å². The zero-order chi connectivity index (χ0) is 18.0. The Morgan fingerprint density at radius 1 is 1.08 bits per heavy atom. The van der Waals surface area contributed by atoms with E-state index >= 15 is 0 Å². The molecule has 1 aliphatic rings. The number of carbonyl (C=O) groups is 2. The topological polar surface area (TPSA) is 67.9 Å². The second kappa shape index (κ2) is 7.03. The summed E-state index contributed by atoms with van der Waals surface area (Å²) in [5, 5.41) is 3.56. The first-order valence-electron chi connectivity index (χ1n) is 7.64. The highest BCUT2D eigenvalue weighted by Gasteiger charge is 2.39. The van der Waals surface area contributed by atoms with E-state index < -0.39 is 6.04 Å². The number of hydrogen-bond donors (Lipinski definition) is 1. The van der Waals surface area contributed by atoms with Gasteiger partial charge >= 0.3 is 0 Å². The summed E-state index contributed by atoms with van der Waals surface area (Å²) >= 11 is 6.01. The van der Waals surface area contributed by atoms with Crippen molar-refractivity contribution >= 4 is 34.8 Å². The van der Waals surface area contributed by atoms with Crippen LogP contribution in [0, 0.1) is 0 Å². The van der Waals surface area contributed by atoms with Crippen LogP contribution in [0.2, 0.25) is 5.02 Å².